The Hall–Kier alpha value is -0.380. The molecule has 0 saturated carbocycles. The molecule has 1 atom stereocenters. The lowest BCUT2D eigenvalue weighted by molar-refractivity contribution is 0.190. The third-order valence-corrected chi connectivity index (χ3v) is 5.27. The standard InChI is InChI=1S/C16H28N2S/c1-4-5-10-18-11-8-15(9-12-18)17-14(3)16-7-6-13(2)19-16/h6-7,14-15,17H,4-5,8-12H2,1-3H3. The van der Waals surface area contributed by atoms with Gasteiger partial charge < -0.3 is 10.2 Å². The molecule has 0 spiro atoms. The second kappa shape index (κ2) is 7.41. The van der Waals surface area contributed by atoms with Crippen LogP contribution in [0.2, 0.25) is 0 Å². The largest absolute Gasteiger partial charge is 0.307 e. The van der Waals surface area contributed by atoms with Crippen molar-refractivity contribution < 1.29 is 0 Å². The third kappa shape index (κ3) is 4.59. The number of piperidine rings is 1. The van der Waals surface area contributed by atoms with Crippen molar-refractivity contribution in [3.8, 4) is 0 Å². The van der Waals surface area contributed by atoms with Gasteiger partial charge in [0.2, 0.25) is 0 Å². The van der Waals surface area contributed by atoms with Gasteiger partial charge in [-0.15, -0.1) is 11.3 Å². The lowest BCUT2D eigenvalue weighted by atomic mass is 10.0. The topological polar surface area (TPSA) is 15.3 Å². The van der Waals surface area contributed by atoms with Crippen LogP contribution in [0.15, 0.2) is 12.1 Å². The summed E-state index contributed by atoms with van der Waals surface area (Å²) in [4.78, 5) is 5.52. The molecule has 1 N–H and O–H groups in total. The molecule has 3 heteroatoms. The number of likely N-dealkylation sites (tertiary alicyclic amines) is 1. The van der Waals surface area contributed by atoms with Crippen LogP contribution in [0.3, 0.4) is 0 Å². The van der Waals surface area contributed by atoms with Crippen LogP contribution < -0.4 is 5.32 Å². The van der Waals surface area contributed by atoms with Gasteiger partial charge in [0, 0.05) is 21.8 Å². The second-order valence-electron chi connectivity index (χ2n) is 5.81. The number of nitrogens with one attached hydrogen (secondary N) is 1. The van der Waals surface area contributed by atoms with Crippen LogP contribution in [0.1, 0.15) is 55.3 Å². The van der Waals surface area contributed by atoms with Crippen LogP contribution in [0, 0.1) is 6.92 Å². The Morgan fingerprint density at radius 2 is 2.11 bits per heavy atom. The molecule has 1 aliphatic rings. The molecule has 1 aromatic heterocycles. The maximum atomic E-state index is 3.81. The van der Waals surface area contributed by atoms with Crippen LogP contribution in [-0.4, -0.2) is 30.6 Å². The van der Waals surface area contributed by atoms with Crippen molar-refractivity contribution in [3.05, 3.63) is 21.9 Å². The first-order chi connectivity index (χ1) is 9.19. The highest BCUT2D eigenvalue weighted by molar-refractivity contribution is 7.12. The van der Waals surface area contributed by atoms with Gasteiger partial charge in [-0.05, 0) is 64.9 Å². The zero-order chi connectivity index (χ0) is 13.7. The summed E-state index contributed by atoms with van der Waals surface area (Å²) < 4.78 is 0. The summed E-state index contributed by atoms with van der Waals surface area (Å²) in [7, 11) is 0. The minimum absolute atomic E-state index is 0.505. The van der Waals surface area contributed by atoms with Crippen molar-refractivity contribution in [3.63, 3.8) is 0 Å². The van der Waals surface area contributed by atoms with E-state index in [9.17, 15) is 0 Å². The molecule has 0 amide bonds. The lowest BCUT2D eigenvalue weighted by Crippen LogP contribution is -2.43. The molecule has 1 unspecified atom stereocenters. The molecule has 19 heavy (non-hydrogen) atoms. The fourth-order valence-electron chi connectivity index (χ4n) is 2.83. The normalized spacial score (nSPS) is 19.7. The SMILES string of the molecule is CCCCN1CCC(NC(C)c2ccc(C)s2)CC1. The highest BCUT2D eigenvalue weighted by Crippen LogP contribution is 2.24. The molecule has 0 aliphatic carbocycles. The molecule has 1 fully saturated rings. The van der Waals surface area contributed by atoms with Gasteiger partial charge in [-0.1, -0.05) is 13.3 Å². The fourth-order valence-corrected chi connectivity index (χ4v) is 3.72. The summed E-state index contributed by atoms with van der Waals surface area (Å²) >= 11 is 1.92. The van der Waals surface area contributed by atoms with Gasteiger partial charge in [0.15, 0.2) is 0 Å². The van der Waals surface area contributed by atoms with Crippen molar-refractivity contribution in [1.82, 2.24) is 10.2 Å². The van der Waals surface area contributed by atoms with Crippen molar-refractivity contribution in [1.29, 1.82) is 0 Å². The first-order valence-corrected chi connectivity index (χ1v) is 8.55. The van der Waals surface area contributed by atoms with Crippen molar-refractivity contribution in [2.45, 2.75) is 58.5 Å². The molecule has 1 aliphatic heterocycles. The number of rotatable bonds is 6. The van der Waals surface area contributed by atoms with Crippen molar-refractivity contribution >= 4 is 11.3 Å². The van der Waals surface area contributed by atoms with Gasteiger partial charge in [0.05, 0.1) is 0 Å². The van der Waals surface area contributed by atoms with Crippen molar-refractivity contribution in [2.24, 2.45) is 0 Å². The van der Waals surface area contributed by atoms with E-state index in [4.69, 9.17) is 0 Å². The smallest absolute Gasteiger partial charge is 0.0388 e. The highest BCUT2D eigenvalue weighted by atomic mass is 32.1. The number of aryl methyl sites for hydroxylation is 1. The summed E-state index contributed by atoms with van der Waals surface area (Å²) in [6, 6.07) is 5.71. The van der Waals surface area contributed by atoms with Gasteiger partial charge >= 0.3 is 0 Å². The van der Waals surface area contributed by atoms with E-state index in [2.05, 4.69) is 43.1 Å². The zero-order valence-electron chi connectivity index (χ0n) is 12.6. The maximum absolute atomic E-state index is 3.81. The molecule has 0 radical (unpaired) electrons. The van der Waals surface area contributed by atoms with E-state index in [-0.39, 0.29) is 0 Å². The Kier molecular flexibility index (Phi) is 5.86. The molecule has 2 rings (SSSR count). The monoisotopic (exact) mass is 280 g/mol. The maximum Gasteiger partial charge on any atom is 0.0388 e. The molecular weight excluding hydrogens is 252 g/mol. The van der Waals surface area contributed by atoms with Gasteiger partial charge in [-0.2, -0.15) is 0 Å². The molecule has 1 aromatic rings. The first-order valence-electron chi connectivity index (χ1n) is 7.73. The number of hydrogen-bond donors (Lipinski definition) is 1. The van der Waals surface area contributed by atoms with Gasteiger partial charge in [0.25, 0.3) is 0 Å². The van der Waals surface area contributed by atoms with E-state index >= 15 is 0 Å². The predicted octanol–water partition coefficient (Wildman–Crippen LogP) is 3.97. The lowest BCUT2D eigenvalue weighted by Gasteiger charge is -2.33. The molecule has 0 bridgehead atoms. The van der Waals surface area contributed by atoms with Gasteiger partial charge in [-0.3, -0.25) is 0 Å². The number of nitrogens with zero attached hydrogens (tertiary/aromatic N) is 1. The zero-order valence-corrected chi connectivity index (χ0v) is 13.4. The highest BCUT2D eigenvalue weighted by Gasteiger charge is 2.20. The summed E-state index contributed by atoms with van der Waals surface area (Å²) in [6.07, 6.45) is 5.27. The number of thiophene rings is 1. The minimum atomic E-state index is 0.505. The van der Waals surface area contributed by atoms with Gasteiger partial charge in [0.1, 0.15) is 0 Å². The Balaban J connectivity index is 1.73. The van der Waals surface area contributed by atoms with Crippen LogP contribution in [0.4, 0.5) is 0 Å². The number of hydrogen-bond acceptors (Lipinski definition) is 3. The van der Waals surface area contributed by atoms with E-state index in [1.54, 1.807) is 0 Å². The number of unbranched alkanes of at least 4 members (excludes halogenated alkanes) is 1. The van der Waals surface area contributed by atoms with E-state index in [0.29, 0.717) is 12.1 Å². The molecule has 0 aromatic carbocycles. The summed E-state index contributed by atoms with van der Waals surface area (Å²) in [5.74, 6) is 0. The molecule has 108 valence electrons. The average Bonchev–Trinajstić information content (AvgIpc) is 2.85. The van der Waals surface area contributed by atoms with Crippen LogP contribution >= 0.6 is 11.3 Å². The summed E-state index contributed by atoms with van der Waals surface area (Å²) in [5, 5.41) is 3.81. The molecular formula is C16H28N2S. The van der Waals surface area contributed by atoms with Crippen LogP contribution in [0.5, 0.6) is 0 Å². The van der Waals surface area contributed by atoms with E-state index in [1.165, 1.54) is 55.1 Å². The van der Waals surface area contributed by atoms with Gasteiger partial charge in [-0.25, -0.2) is 0 Å². The Morgan fingerprint density at radius 1 is 1.37 bits per heavy atom. The second-order valence-corrected chi connectivity index (χ2v) is 7.13. The van der Waals surface area contributed by atoms with E-state index in [0.717, 1.165) is 0 Å². The van der Waals surface area contributed by atoms with Crippen LogP contribution in [0.25, 0.3) is 0 Å². The van der Waals surface area contributed by atoms with Crippen LogP contribution in [-0.2, 0) is 0 Å². The van der Waals surface area contributed by atoms with E-state index < -0.39 is 0 Å². The van der Waals surface area contributed by atoms with E-state index in [1.807, 2.05) is 11.3 Å². The van der Waals surface area contributed by atoms with Crippen molar-refractivity contribution in [2.75, 3.05) is 19.6 Å². The Labute approximate surface area is 122 Å². The average molecular weight is 280 g/mol. The molecule has 1 saturated heterocycles. The summed E-state index contributed by atoms with van der Waals surface area (Å²) in [6.45, 7) is 10.6. The Morgan fingerprint density at radius 3 is 2.68 bits per heavy atom. The fraction of sp³-hybridized carbons (Fsp3) is 0.750. The third-order valence-electron chi connectivity index (χ3n) is 4.09. The quantitative estimate of drug-likeness (QED) is 0.848. The summed E-state index contributed by atoms with van der Waals surface area (Å²) in [5.41, 5.74) is 0. The first kappa shape index (κ1) is 15.0. The minimum Gasteiger partial charge on any atom is -0.307 e. The molecule has 2 nitrogen and oxygen atoms in total. The predicted molar refractivity (Wildman–Crippen MR) is 85.0 cm³/mol. The molecule has 2 heterocycles. The Bertz CT molecular complexity index is 367.